The van der Waals surface area contributed by atoms with Gasteiger partial charge in [0.15, 0.2) is 0 Å². The molecule has 22 rings (SSSR count). The van der Waals surface area contributed by atoms with Gasteiger partial charge in [0.1, 0.15) is 43.5 Å². The van der Waals surface area contributed by atoms with Crippen LogP contribution in [0.15, 0.2) is 401 Å². The summed E-state index contributed by atoms with van der Waals surface area (Å²) in [7, 11) is 0. The molecule has 530 valence electrons. The number of furan rings is 3. The summed E-state index contributed by atoms with van der Waals surface area (Å²) in [5.41, 5.74) is 31.2. The summed E-state index contributed by atoms with van der Waals surface area (Å²) >= 11 is 3.38. The number of hydrogen-bond acceptors (Lipinski definition) is 9. The first-order valence-corrected chi connectivity index (χ1v) is 39.6. The highest BCUT2D eigenvalue weighted by Crippen LogP contribution is 2.48. The van der Waals surface area contributed by atoms with E-state index in [9.17, 15) is 0 Å². The van der Waals surface area contributed by atoms with Crippen molar-refractivity contribution in [3.8, 4) is 99.0 Å². The van der Waals surface area contributed by atoms with Crippen molar-refractivity contribution >= 4 is 143 Å². The molecular formula is C104H64N4O3S2. The zero-order valence-corrected chi connectivity index (χ0v) is 62.4. The van der Waals surface area contributed by atoms with E-state index >= 15 is 0 Å². The average Bonchev–Trinajstić information content (AvgIpc) is 1.43. The summed E-state index contributed by atoms with van der Waals surface area (Å²) in [5, 5.41) is 8.18. The highest BCUT2D eigenvalue weighted by molar-refractivity contribution is 7.22. The van der Waals surface area contributed by atoms with E-state index in [4.69, 9.17) is 23.2 Å². The van der Waals surface area contributed by atoms with Crippen LogP contribution in [0, 0.1) is 0 Å². The third-order valence-electron chi connectivity index (χ3n) is 22.0. The second kappa shape index (κ2) is 27.3. The highest BCUT2D eigenvalue weighted by Gasteiger charge is 2.24. The van der Waals surface area contributed by atoms with E-state index in [1.54, 1.807) is 22.7 Å². The van der Waals surface area contributed by atoms with Gasteiger partial charge in [0.05, 0.1) is 31.5 Å². The van der Waals surface area contributed by atoms with Crippen molar-refractivity contribution in [1.29, 1.82) is 0 Å². The molecule has 9 heteroatoms. The first-order valence-electron chi connectivity index (χ1n) is 37.9. The Morgan fingerprint density at radius 1 is 0.195 bits per heavy atom. The summed E-state index contributed by atoms with van der Waals surface area (Å²) in [5.74, 6) is 0. The summed E-state index contributed by atoms with van der Waals surface area (Å²) in [6.07, 6.45) is 0. The third kappa shape index (κ3) is 12.0. The Morgan fingerprint density at radius 2 is 0.522 bits per heavy atom. The van der Waals surface area contributed by atoms with Crippen molar-refractivity contribution < 1.29 is 13.3 Å². The minimum atomic E-state index is 0.804. The molecule has 0 unspecified atom stereocenters. The molecule has 113 heavy (non-hydrogen) atoms. The Morgan fingerprint density at radius 3 is 1.04 bits per heavy atom. The number of hydrogen-bond donors (Lipinski definition) is 0. The maximum atomic E-state index is 6.79. The fraction of sp³-hybridized carbons (Fsp3) is 0. The molecule has 0 amide bonds. The molecule has 0 atom stereocenters. The van der Waals surface area contributed by atoms with Gasteiger partial charge in [0, 0.05) is 84.7 Å². The smallest absolute Gasteiger partial charge is 0.137 e. The molecule has 0 N–H and O–H groups in total. The van der Waals surface area contributed by atoms with Crippen molar-refractivity contribution in [1.82, 2.24) is 9.97 Å². The molecule has 0 fully saturated rings. The van der Waals surface area contributed by atoms with Crippen LogP contribution in [0.25, 0.3) is 185 Å². The van der Waals surface area contributed by atoms with Crippen LogP contribution >= 0.6 is 22.7 Å². The first kappa shape index (κ1) is 65.6. The largest absolute Gasteiger partial charge is 0.456 e. The molecule has 0 aliphatic rings. The number of aromatic nitrogens is 2. The maximum Gasteiger partial charge on any atom is 0.137 e. The van der Waals surface area contributed by atoms with Crippen molar-refractivity contribution in [2.75, 3.05) is 9.80 Å². The summed E-state index contributed by atoms with van der Waals surface area (Å²) in [4.78, 5) is 15.2. The van der Waals surface area contributed by atoms with Gasteiger partial charge >= 0.3 is 0 Å². The Labute approximate surface area is 658 Å². The van der Waals surface area contributed by atoms with Crippen molar-refractivity contribution in [3.05, 3.63) is 388 Å². The van der Waals surface area contributed by atoms with Crippen LogP contribution in [-0.4, -0.2) is 9.97 Å². The van der Waals surface area contributed by atoms with Gasteiger partial charge in [0.25, 0.3) is 0 Å². The van der Waals surface area contributed by atoms with E-state index in [2.05, 4.69) is 386 Å². The van der Waals surface area contributed by atoms with Crippen LogP contribution in [0.2, 0.25) is 0 Å². The standard InChI is InChI=1S/C104H64N4O3S2/c1-4-15-65(16-5-1)68-29-31-70(32-30-68)72-41-47-81(48-42-72)107(84-54-56-95-88(59-84)89-61-91-100(63-98(89)110-95)112-103(105-91)75-37-33-69(34-38-75)66-17-6-2-7-18-66)82-49-45-74(46-50-82)78-22-13-24-80(58-78)79-23-12-21-77(57-79)73-35-39-76(40-36-73)104-106-92-62-90-99(64-101(92)113-104)111-96-28-14-26-93(102(90)96)108(83-51-43-71(44-52-83)67-19-8-3-9-20-67)85-53-55-87-86-25-10-11-27-94(86)109-97(87)60-85/h1-64H. The molecule has 17 aromatic carbocycles. The van der Waals surface area contributed by atoms with E-state index < -0.39 is 0 Å². The average molecular weight is 1480 g/mol. The second-order valence-electron chi connectivity index (χ2n) is 28.8. The monoisotopic (exact) mass is 1480 g/mol. The number of benzene rings is 17. The second-order valence-corrected chi connectivity index (χ2v) is 30.8. The van der Waals surface area contributed by atoms with Gasteiger partial charge in [-0.1, -0.05) is 261 Å². The molecule has 22 aromatic rings. The van der Waals surface area contributed by atoms with Crippen LogP contribution in [-0.2, 0) is 0 Å². The van der Waals surface area contributed by atoms with Gasteiger partial charge < -0.3 is 23.1 Å². The predicted octanol–water partition coefficient (Wildman–Crippen LogP) is 30.5. The minimum Gasteiger partial charge on any atom is -0.456 e. The molecule has 0 spiro atoms. The number of para-hydroxylation sites is 1. The Balaban J connectivity index is 0.548. The number of nitrogens with zero attached hydrogens (tertiary/aromatic N) is 4. The number of rotatable bonds is 15. The van der Waals surface area contributed by atoms with Crippen LogP contribution in [0.1, 0.15) is 0 Å². The molecule has 0 aliphatic heterocycles. The van der Waals surface area contributed by atoms with Gasteiger partial charge in [-0.05, 0) is 187 Å². The van der Waals surface area contributed by atoms with E-state index in [1.165, 1.54) is 27.8 Å². The first-order chi connectivity index (χ1) is 55.9. The van der Waals surface area contributed by atoms with Gasteiger partial charge in [-0.15, -0.1) is 22.7 Å². The summed E-state index contributed by atoms with van der Waals surface area (Å²) < 4.78 is 22.1. The minimum absolute atomic E-state index is 0.804. The quantitative estimate of drug-likeness (QED) is 0.101. The lowest BCUT2D eigenvalue weighted by Crippen LogP contribution is -2.10. The lowest BCUT2D eigenvalue weighted by Gasteiger charge is -2.26. The van der Waals surface area contributed by atoms with Crippen LogP contribution < -0.4 is 9.80 Å². The Bertz CT molecular complexity index is 7370. The van der Waals surface area contributed by atoms with Crippen molar-refractivity contribution in [2.45, 2.75) is 0 Å². The SMILES string of the molecule is c1ccc(-c2ccc(-c3ccc(N(c4ccc(-c5cccc(-c6cccc(-c7ccc(-c8nc9cc%10c(cc9s8)oc8cccc(N(c9ccc(-c%11ccccc%11)cc9)c9ccc%11c(c9)oc9ccccc9%11)c8%10)cc7)c6)c5)cc4)c4ccc5oc6cc7sc(-c8ccc(-c9ccccc9)cc8)nc7cc6c5c4)cc3)cc2)cc1. The molecule has 5 heterocycles. The maximum absolute atomic E-state index is 6.79. The van der Waals surface area contributed by atoms with E-state index in [0.29, 0.717) is 0 Å². The van der Waals surface area contributed by atoms with Crippen molar-refractivity contribution in [2.24, 2.45) is 0 Å². The van der Waals surface area contributed by atoms with Crippen LogP contribution in [0.5, 0.6) is 0 Å². The number of thiazole rings is 2. The van der Waals surface area contributed by atoms with Crippen molar-refractivity contribution in [3.63, 3.8) is 0 Å². The Kier molecular flexibility index (Phi) is 15.8. The highest BCUT2D eigenvalue weighted by atomic mass is 32.1. The molecule has 0 saturated carbocycles. The summed E-state index contributed by atoms with van der Waals surface area (Å²) in [6.45, 7) is 0. The van der Waals surface area contributed by atoms with Gasteiger partial charge in [-0.3, -0.25) is 0 Å². The van der Waals surface area contributed by atoms with Gasteiger partial charge in [-0.25, -0.2) is 9.97 Å². The molecular weight excluding hydrogens is 1420 g/mol. The molecule has 0 saturated heterocycles. The fourth-order valence-corrected chi connectivity index (χ4v) is 18.2. The molecule has 7 nitrogen and oxygen atoms in total. The number of fused-ring (bicyclic) bond motifs is 11. The van der Waals surface area contributed by atoms with E-state index in [0.717, 1.165) is 192 Å². The molecule has 0 bridgehead atoms. The number of anilines is 6. The molecule has 0 aliphatic carbocycles. The zero-order chi connectivity index (χ0) is 74.5. The lowest BCUT2D eigenvalue weighted by atomic mass is 9.96. The third-order valence-corrected chi connectivity index (χ3v) is 24.1. The summed E-state index contributed by atoms with van der Waals surface area (Å²) in [6, 6.07) is 139. The topological polar surface area (TPSA) is 71.7 Å². The van der Waals surface area contributed by atoms with Gasteiger partial charge in [0.2, 0.25) is 0 Å². The fourth-order valence-electron chi connectivity index (χ4n) is 16.2. The van der Waals surface area contributed by atoms with Gasteiger partial charge in [-0.2, -0.15) is 0 Å². The van der Waals surface area contributed by atoms with Crippen LogP contribution in [0.4, 0.5) is 34.1 Å². The van der Waals surface area contributed by atoms with Crippen LogP contribution in [0.3, 0.4) is 0 Å². The predicted molar refractivity (Wildman–Crippen MR) is 473 cm³/mol. The van der Waals surface area contributed by atoms with E-state index in [-0.39, 0.29) is 0 Å². The van der Waals surface area contributed by atoms with E-state index in [1.807, 2.05) is 12.1 Å². The normalized spacial score (nSPS) is 11.7. The Hall–Kier alpha value is -14.5. The molecule has 5 aromatic heterocycles. The lowest BCUT2D eigenvalue weighted by molar-refractivity contribution is 0.669. The zero-order valence-electron chi connectivity index (χ0n) is 60.8. The molecule has 0 radical (unpaired) electrons.